The molecule has 1 aliphatic rings. The van der Waals surface area contributed by atoms with Crippen LogP contribution >= 0.6 is 0 Å². The van der Waals surface area contributed by atoms with Crippen LogP contribution in [-0.2, 0) is 9.31 Å². The Balaban J connectivity index is 2.03. The molecule has 0 spiro atoms. The molecule has 0 aromatic carbocycles. The molecule has 3 heterocycles. The molecule has 6 nitrogen and oxygen atoms in total. The van der Waals surface area contributed by atoms with Gasteiger partial charge in [0.15, 0.2) is 0 Å². The highest BCUT2D eigenvalue weighted by Gasteiger charge is 2.52. The second kappa shape index (κ2) is 4.20. The smallest absolute Gasteiger partial charge is 0.481 e. The maximum atomic E-state index is 6.04. The Kier molecular flexibility index (Phi) is 2.81. The molecular weight excluding hydrogens is 257 g/mol. The van der Waals surface area contributed by atoms with Gasteiger partial charge in [0.05, 0.1) is 30.1 Å². The van der Waals surface area contributed by atoms with E-state index in [9.17, 15) is 0 Å². The third kappa shape index (κ3) is 1.89. The van der Waals surface area contributed by atoms with Crippen LogP contribution in [0, 0.1) is 0 Å². The Morgan fingerprint density at radius 2 is 1.85 bits per heavy atom. The Bertz CT molecular complexity index is 637. The number of hydrogen-bond donors (Lipinski definition) is 1. The van der Waals surface area contributed by atoms with Gasteiger partial charge in [0.25, 0.3) is 0 Å². The zero-order valence-corrected chi connectivity index (χ0v) is 12.4. The summed E-state index contributed by atoms with van der Waals surface area (Å²) < 4.78 is 17.2. The molecule has 0 unspecified atom stereocenters. The average Bonchev–Trinajstić information content (AvgIpc) is 2.87. The van der Waals surface area contributed by atoms with Crippen molar-refractivity contribution < 1.29 is 14.0 Å². The fraction of sp³-hybridized carbons (Fsp3) is 0.538. The number of nitrogens with one attached hydrogen (secondary N) is 1. The zero-order chi connectivity index (χ0) is 14.5. The lowest BCUT2D eigenvalue weighted by molar-refractivity contribution is 0.00578. The van der Waals surface area contributed by atoms with Crippen LogP contribution in [0.25, 0.3) is 10.9 Å². The molecule has 1 aliphatic heterocycles. The zero-order valence-electron chi connectivity index (χ0n) is 12.4. The minimum Gasteiger partial charge on any atom is -0.481 e. The lowest BCUT2D eigenvalue weighted by atomic mass is 9.83. The largest absolute Gasteiger partial charge is 0.514 e. The van der Waals surface area contributed by atoms with Gasteiger partial charge in [0.1, 0.15) is 5.52 Å². The van der Waals surface area contributed by atoms with E-state index in [4.69, 9.17) is 14.0 Å². The molecule has 3 rings (SSSR count). The lowest BCUT2D eigenvalue weighted by Crippen LogP contribution is -2.41. The van der Waals surface area contributed by atoms with Gasteiger partial charge in [-0.15, -0.1) is 0 Å². The highest BCUT2D eigenvalue weighted by molar-refractivity contribution is 6.64. The molecule has 2 aromatic rings. The number of fused-ring (bicyclic) bond motifs is 1. The summed E-state index contributed by atoms with van der Waals surface area (Å²) in [5.74, 6) is 0.539. The maximum absolute atomic E-state index is 6.04. The predicted octanol–water partition coefficient (Wildman–Crippen LogP) is 1.27. The second-order valence-electron chi connectivity index (χ2n) is 5.97. The van der Waals surface area contributed by atoms with Crippen LogP contribution in [0.4, 0.5) is 0 Å². The third-order valence-electron chi connectivity index (χ3n) is 4.14. The Labute approximate surface area is 118 Å². The van der Waals surface area contributed by atoms with Crippen molar-refractivity contribution in [3.05, 3.63) is 12.3 Å². The number of pyridine rings is 1. The van der Waals surface area contributed by atoms with E-state index in [1.54, 1.807) is 13.3 Å². The fourth-order valence-corrected chi connectivity index (χ4v) is 2.17. The Hall–Kier alpha value is -1.60. The van der Waals surface area contributed by atoms with Crippen molar-refractivity contribution in [3.63, 3.8) is 0 Å². The summed E-state index contributed by atoms with van der Waals surface area (Å²) in [5, 5.41) is 8.12. The van der Waals surface area contributed by atoms with E-state index < -0.39 is 7.12 Å². The molecule has 0 atom stereocenters. The molecule has 106 valence electrons. The Morgan fingerprint density at radius 1 is 1.20 bits per heavy atom. The highest BCUT2D eigenvalue weighted by atomic mass is 16.7. The van der Waals surface area contributed by atoms with E-state index in [2.05, 4.69) is 15.2 Å². The van der Waals surface area contributed by atoms with Crippen LogP contribution in [0.1, 0.15) is 27.7 Å². The molecule has 0 aliphatic carbocycles. The minimum absolute atomic E-state index is 0.383. The number of rotatable bonds is 2. The molecule has 1 N–H and O–H groups in total. The standard InChI is InChI=1S/C13H18BN3O3/c1-12(2)13(3,4)20-14(19-12)11-8-6-10(18-5)15-7-9(8)16-17-11/h6-7H,1-5H3,(H,16,17). The van der Waals surface area contributed by atoms with Crippen LogP contribution in [0.2, 0.25) is 0 Å². The van der Waals surface area contributed by atoms with Crippen LogP contribution in [0.5, 0.6) is 5.88 Å². The van der Waals surface area contributed by atoms with Crippen LogP contribution < -0.4 is 10.3 Å². The Morgan fingerprint density at radius 3 is 2.45 bits per heavy atom. The topological polar surface area (TPSA) is 69.3 Å². The third-order valence-corrected chi connectivity index (χ3v) is 4.14. The highest BCUT2D eigenvalue weighted by Crippen LogP contribution is 2.36. The van der Waals surface area contributed by atoms with Gasteiger partial charge in [-0.2, -0.15) is 5.10 Å². The summed E-state index contributed by atoms with van der Waals surface area (Å²) in [6, 6.07) is 1.83. The van der Waals surface area contributed by atoms with E-state index in [1.165, 1.54) is 0 Å². The normalized spacial score (nSPS) is 20.6. The van der Waals surface area contributed by atoms with Gasteiger partial charge in [-0.3, -0.25) is 5.10 Å². The van der Waals surface area contributed by atoms with E-state index >= 15 is 0 Å². The quantitative estimate of drug-likeness (QED) is 0.836. The maximum Gasteiger partial charge on any atom is 0.514 e. The summed E-state index contributed by atoms with van der Waals surface area (Å²) in [4.78, 5) is 4.14. The first-order valence-electron chi connectivity index (χ1n) is 6.58. The number of ether oxygens (including phenoxy) is 1. The SMILES string of the molecule is COc1cc2c(B3OC(C)(C)C(C)(C)O3)[nH]nc2cn1. The van der Waals surface area contributed by atoms with Crippen molar-refractivity contribution in [2.45, 2.75) is 38.9 Å². The number of hydrogen-bond acceptors (Lipinski definition) is 5. The van der Waals surface area contributed by atoms with Gasteiger partial charge >= 0.3 is 7.12 Å². The number of aromatic amines is 1. The van der Waals surface area contributed by atoms with Crippen LogP contribution in [-0.4, -0.2) is 40.6 Å². The van der Waals surface area contributed by atoms with Crippen molar-refractivity contribution in [1.29, 1.82) is 0 Å². The monoisotopic (exact) mass is 275 g/mol. The molecule has 1 fully saturated rings. The molecule has 0 saturated carbocycles. The van der Waals surface area contributed by atoms with E-state index in [0.29, 0.717) is 5.88 Å². The summed E-state index contributed by atoms with van der Waals surface area (Å²) in [6.45, 7) is 8.09. The average molecular weight is 275 g/mol. The van der Waals surface area contributed by atoms with Crippen molar-refractivity contribution in [1.82, 2.24) is 15.2 Å². The molecule has 20 heavy (non-hydrogen) atoms. The predicted molar refractivity (Wildman–Crippen MR) is 76.2 cm³/mol. The minimum atomic E-state index is -0.475. The number of methoxy groups -OCH3 is 1. The van der Waals surface area contributed by atoms with Gasteiger partial charge < -0.3 is 14.0 Å². The van der Waals surface area contributed by atoms with Gasteiger partial charge in [-0.1, -0.05) is 0 Å². The summed E-state index contributed by atoms with van der Waals surface area (Å²) in [5.41, 5.74) is 0.785. The molecule has 0 radical (unpaired) electrons. The van der Waals surface area contributed by atoms with E-state index in [1.807, 2.05) is 33.8 Å². The number of aromatic nitrogens is 3. The van der Waals surface area contributed by atoms with E-state index in [0.717, 1.165) is 16.5 Å². The van der Waals surface area contributed by atoms with Crippen molar-refractivity contribution in [2.75, 3.05) is 7.11 Å². The van der Waals surface area contributed by atoms with Gasteiger partial charge in [-0.25, -0.2) is 4.98 Å². The molecule has 1 saturated heterocycles. The fourth-order valence-electron chi connectivity index (χ4n) is 2.17. The molecule has 7 heteroatoms. The van der Waals surface area contributed by atoms with Crippen molar-refractivity contribution in [2.24, 2.45) is 0 Å². The van der Waals surface area contributed by atoms with Crippen molar-refractivity contribution in [3.8, 4) is 5.88 Å². The first-order valence-corrected chi connectivity index (χ1v) is 6.58. The second-order valence-corrected chi connectivity index (χ2v) is 5.97. The molecule has 0 amide bonds. The van der Waals surface area contributed by atoms with Gasteiger partial charge in [0.2, 0.25) is 5.88 Å². The first kappa shape index (κ1) is 13.4. The van der Waals surface area contributed by atoms with Crippen LogP contribution in [0.3, 0.4) is 0 Å². The summed E-state index contributed by atoms with van der Waals surface area (Å²) in [7, 11) is 1.11. The molecular formula is C13H18BN3O3. The number of nitrogens with zero attached hydrogens (tertiary/aromatic N) is 2. The number of H-pyrrole nitrogens is 1. The molecule has 2 aromatic heterocycles. The van der Waals surface area contributed by atoms with Crippen LogP contribution in [0.15, 0.2) is 12.3 Å². The molecule has 0 bridgehead atoms. The first-order chi connectivity index (χ1) is 9.34. The summed E-state index contributed by atoms with van der Waals surface area (Å²) >= 11 is 0. The lowest BCUT2D eigenvalue weighted by Gasteiger charge is -2.32. The summed E-state index contributed by atoms with van der Waals surface area (Å²) in [6.07, 6.45) is 1.67. The van der Waals surface area contributed by atoms with Gasteiger partial charge in [0, 0.05) is 11.5 Å². The van der Waals surface area contributed by atoms with E-state index in [-0.39, 0.29) is 11.2 Å². The van der Waals surface area contributed by atoms with Gasteiger partial charge in [-0.05, 0) is 27.7 Å². The van der Waals surface area contributed by atoms with Crippen molar-refractivity contribution >= 4 is 23.6 Å².